The second kappa shape index (κ2) is 8.85. The molecule has 170 valence electrons. The van der Waals surface area contributed by atoms with Gasteiger partial charge in [0.25, 0.3) is 5.95 Å². The van der Waals surface area contributed by atoms with Gasteiger partial charge in [-0.05, 0) is 43.5 Å². The third-order valence-corrected chi connectivity index (χ3v) is 5.72. The summed E-state index contributed by atoms with van der Waals surface area (Å²) in [5.74, 6) is -0.769. The Kier molecular flexibility index (Phi) is 5.95. The van der Waals surface area contributed by atoms with Gasteiger partial charge in [-0.25, -0.2) is 18.9 Å². The highest BCUT2D eigenvalue weighted by molar-refractivity contribution is 5.93. The number of anilines is 2. The molecule has 4 aromatic rings. The van der Waals surface area contributed by atoms with Crippen molar-refractivity contribution in [3.63, 3.8) is 0 Å². The van der Waals surface area contributed by atoms with E-state index in [0.29, 0.717) is 35.5 Å². The molecule has 4 rings (SSSR count). The Bertz CT molecular complexity index is 1330. The molecule has 0 aliphatic carbocycles. The lowest BCUT2D eigenvalue weighted by Gasteiger charge is -2.19. The van der Waals surface area contributed by atoms with Gasteiger partial charge in [-0.2, -0.15) is 10.1 Å². The van der Waals surface area contributed by atoms with Crippen LogP contribution in [0.1, 0.15) is 34.0 Å². The van der Waals surface area contributed by atoms with Crippen LogP contribution in [0.2, 0.25) is 0 Å². The molecule has 2 aromatic heterocycles. The van der Waals surface area contributed by atoms with Gasteiger partial charge in [-0.1, -0.05) is 18.2 Å². The zero-order chi connectivity index (χ0) is 23.7. The fourth-order valence-corrected chi connectivity index (χ4v) is 3.65. The quantitative estimate of drug-likeness (QED) is 0.434. The SMILES string of the molecule is CCN(C)c1nc(-n2cc(C(=O)O)cn2)nc2cc(F)c(NCc3c(C)cccc3C)cc12. The number of rotatable bonds is 7. The predicted octanol–water partition coefficient (Wildman–Crippen LogP) is 4.34. The van der Waals surface area contributed by atoms with Crippen LogP contribution in [0.25, 0.3) is 16.9 Å². The first-order valence-electron chi connectivity index (χ1n) is 10.6. The van der Waals surface area contributed by atoms with E-state index >= 15 is 4.39 Å². The Morgan fingerprint density at radius 3 is 2.58 bits per heavy atom. The third kappa shape index (κ3) is 4.34. The van der Waals surface area contributed by atoms with Crippen LogP contribution < -0.4 is 10.2 Å². The highest BCUT2D eigenvalue weighted by Crippen LogP contribution is 2.30. The van der Waals surface area contributed by atoms with Crippen molar-refractivity contribution in [1.29, 1.82) is 0 Å². The van der Waals surface area contributed by atoms with Crippen molar-refractivity contribution in [2.24, 2.45) is 0 Å². The van der Waals surface area contributed by atoms with Crippen molar-refractivity contribution in [2.45, 2.75) is 27.3 Å². The molecular formula is C24H25FN6O2. The highest BCUT2D eigenvalue weighted by Gasteiger charge is 2.17. The number of aromatic carboxylic acids is 1. The summed E-state index contributed by atoms with van der Waals surface area (Å²) in [7, 11) is 1.88. The van der Waals surface area contributed by atoms with Gasteiger partial charge in [0.05, 0.1) is 23.0 Å². The molecule has 0 aliphatic rings. The summed E-state index contributed by atoms with van der Waals surface area (Å²) in [6, 6.07) is 9.16. The van der Waals surface area contributed by atoms with E-state index in [4.69, 9.17) is 0 Å². The van der Waals surface area contributed by atoms with Gasteiger partial charge in [-0.3, -0.25) is 0 Å². The maximum Gasteiger partial charge on any atom is 0.338 e. The molecule has 0 aliphatic heterocycles. The Balaban J connectivity index is 1.77. The molecule has 0 saturated carbocycles. The van der Waals surface area contributed by atoms with E-state index in [2.05, 4.69) is 20.4 Å². The van der Waals surface area contributed by atoms with Gasteiger partial charge >= 0.3 is 5.97 Å². The molecule has 2 heterocycles. The first-order chi connectivity index (χ1) is 15.8. The van der Waals surface area contributed by atoms with E-state index in [1.54, 1.807) is 6.07 Å². The number of carboxylic acid groups (broad SMARTS) is 1. The van der Waals surface area contributed by atoms with Gasteiger partial charge in [-0.15, -0.1) is 0 Å². The molecule has 0 fully saturated rings. The molecule has 0 radical (unpaired) electrons. The van der Waals surface area contributed by atoms with Gasteiger partial charge in [0.2, 0.25) is 0 Å². The molecule has 2 aromatic carbocycles. The van der Waals surface area contributed by atoms with Crippen molar-refractivity contribution < 1.29 is 14.3 Å². The summed E-state index contributed by atoms with van der Waals surface area (Å²) in [4.78, 5) is 22.2. The highest BCUT2D eigenvalue weighted by atomic mass is 19.1. The second-order valence-electron chi connectivity index (χ2n) is 7.91. The molecule has 0 saturated heterocycles. The number of aryl methyl sites for hydroxylation is 2. The van der Waals surface area contributed by atoms with Gasteiger partial charge in [0, 0.05) is 37.8 Å². The zero-order valence-corrected chi connectivity index (χ0v) is 18.9. The minimum absolute atomic E-state index is 0.0151. The standard InChI is InChI=1S/C24H25FN6O2/c1-5-30(4)22-17-9-21(26-12-18-14(2)7-6-8-15(18)3)19(25)10-20(17)28-24(29-22)31-13-16(11-27-31)23(32)33/h6-11,13,26H,5,12H2,1-4H3,(H,32,33). The molecule has 8 nitrogen and oxygen atoms in total. The molecule has 9 heteroatoms. The first-order valence-corrected chi connectivity index (χ1v) is 10.6. The number of nitrogens with one attached hydrogen (secondary N) is 1. The van der Waals surface area contributed by atoms with Crippen LogP contribution in [0, 0.1) is 19.7 Å². The molecule has 0 amide bonds. The fourth-order valence-electron chi connectivity index (χ4n) is 3.65. The maximum absolute atomic E-state index is 15.0. The number of benzene rings is 2. The van der Waals surface area contributed by atoms with Crippen LogP contribution >= 0.6 is 0 Å². The Labute approximate surface area is 190 Å². The van der Waals surface area contributed by atoms with Crippen LogP contribution in [0.15, 0.2) is 42.7 Å². The minimum atomic E-state index is -1.10. The predicted molar refractivity (Wildman–Crippen MR) is 126 cm³/mol. The van der Waals surface area contributed by atoms with Crippen LogP contribution in [0.3, 0.4) is 0 Å². The van der Waals surface area contributed by atoms with E-state index in [1.807, 2.05) is 50.9 Å². The van der Waals surface area contributed by atoms with Crippen LogP contribution in [0.5, 0.6) is 0 Å². The Morgan fingerprint density at radius 1 is 1.21 bits per heavy atom. The fraction of sp³-hybridized carbons (Fsp3) is 0.250. The maximum atomic E-state index is 15.0. The average Bonchev–Trinajstić information content (AvgIpc) is 3.28. The lowest BCUT2D eigenvalue weighted by Crippen LogP contribution is -2.19. The van der Waals surface area contributed by atoms with Gasteiger partial charge in [0.15, 0.2) is 0 Å². The monoisotopic (exact) mass is 448 g/mol. The number of aromatic nitrogens is 4. The summed E-state index contributed by atoms with van der Waals surface area (Å²) >= 11 is 0. The van der Waals surface area contributed by atoms with Crippen molar-refractivity contribution in [3.8, 4) is 5.95 Å². The van der Waals surface area contributed by atoms with Crippen LogP contribution in [0.4, 0.5) is 15.9 Å². The number of halogens is 1. The summed E-state index contributed by atoms with van der Waals surface area (Å²) in [5.41, 5.74) is 4.19. The number of fused-ring (bicyclic) bond motifs is 1. The summed E-state index contributed by atoms with van der Waals surface area (Å²) in [5, 5.41) is 17.1. The van der Waals surface area contributed by atoms with E-state index in [1.165, 1.54) is 23.1 Å². The van der Waals surface area contributed by atoms with Crippen LogP contribution in [-0.2, 0) is 6.54 Å². The third-order valence-electron chi connectivity index (χ3n) is 5.72. The second-order valence-corrected chi connectivity index (χ2v) is 7.91. The Morgan fingerprint density at radius 2 is 1.94 bits per heavy atom. The molecule has 2 N–H and O–H groups in total. The molecule has 0 bridgehead atoms. The van der Waals surface area contributed by atoms with Crippen molar-refractivity contribution in [2.75, 3.05) is 23.8 Å². The van der Waals surface area contributed by atoms with Crippen LogP contribution in [-0.4, -0.2) is 44.4 Å². The molecular weight excluding hydrogens is 423 g/mol. The molecule has 0 spiro atoms. The summed E-state index contributed by atoms with van der Waals surface area (Å²) in [6.45, 7) is 7.20. The number of carboxylic acids is 1. The minimum Gasteiger partial charge on any atom is -0.478 e. The van der Waals surface area contributed by atoms with E-state index in [0.717, 1.165) is 16.7 Å². The normalized spacial score (nSPS) is 11.1. The first kappa shape index (κ1) is 22.2. The zero-order valence-electron chi connectivity index (χ0n) is 18.9. The number of nitrogens with zero attached hydrogens (tertiary/aromatic N) is 5. The number of hydrogen-bond donors (Lipinski definition) is 2. The lowest BCUT2D eigenvalue weighted by molar-refractivity contribution is 0.0697. The molecule has 0 atom stereocenters. The van der Waals surface area contributed by atoms with Crippen molar-refractivity contribution in [1.82, 2.24) is 19.7 Å². The van der Waals surface area contributed by atoms with Crippen molar-refractivity contribution >= 4 is 28.4 Å². The smallest absolute Gasteiger partial charge is 0.338 e. The molecule has 0 unspecified atom stereocenters. The van der Waals surface area contributed by atoms with Gasteiger partial charge < -0.3 is 15.3 Å². The van der Waals surface area contributed by atoms with Gasteiger partial charge in [0.1, 0.15) is 11.6 Å². The summed E-state index contributed by atoms with van der Waals surface area (Å²) < 4.78 is 16.3. The largest absolute Gasteiger partial charge is 0.478 e. The number of hydrogen-bond acceptors (Lipinski definition) is 6. The average molecular weight is 449 g/mol. The molecule has 33 heavy (non-hydrogen) atoms. The van der Waals surface area contributed by atoms with E-state index in [9.17, 15) is 9.90 Å². The van der Waals surface area contributed by atoms with E-state index in [-0.39, 0.29) is 11.5 Å². The number of carbonyl (C=O) groups is 1. The Hall–Kier alpha value is -4.01. The topological polar surface area (TPSA) is 96.2 Å². The summed E-state index contributed by atoms with van der Waals surface area (Å²) in [6.07, 6.45) is 2.55. The lowest BCUT2D eigenvalue weighted by atomic mass is 10.0. The van der Waals surface area contributed by atoms with E-state index < -0.39 is 11.8 Å². The van der Waals surface area contributed by atoms with Crippen molar-refractivity contribution in [3.05, 3.63) is 70.8 Å².